The van der Waals surface area contributed by atoms with Gasteiger partial charge in [0.15, 0.2) is 11.5 Å². The molecule has 1 aliphatic heterocycles. The highest BCUT2D eigenvalue weighted by molar-refractivity contribution is 9.10. The number of ether oxygens (including phenoxy) is 3. The van der Waals surface area contributed by atoms with Crippen LogP contribution < -0.4 is 19.1 Å². The van der Waals surface area contributed by atoms with Gasteiger partial charge in [-0.25, -0.2) is 0 Å². The summed E-state index contributed by atoms with van der Waals surface area (Å²) in [6.45, 7) is 0.767. The molecule has 0 bridgehead atoms. The lowest BCUT2D eigenvalue weighted by Gasteiger charge is -2.29. The highest BCUT2D eigenvalue weighted by Gasteiger charge is 2.23. The Hall–Kier alpha value is -2.21. The van der Waals surface area contributed by atoms with E-state index in [4.69, 9.17) is 14.2 Å². The second kappa shape index (κ2) is 8.65. The molecule has 0 atom stereocenters. The standard InChI is InChI=1S/C21H24BrNO4/c1-25-18-11-14(12-19(26-2)21(18)27-3)6-9-20(24)23-10-4-5-15-13-16(22)7-8-17(15)23/h7-8,11-13H,4-6,9-10H2,1-3H3. The van der Waals surface area contributed by atoms with Crippen LogP contribution in [0.25, 0.3) is 0 Å². The molecular weight excluding hydrogens is 410 g/mol. The van der Waals surface area contributed by atoms with Gasteiger partial charge in [-0.2, -0.15) is 0 Å². The van der Waals surface area contributed by atoms with Crippen LogP contribution in [-0.2, 0) is 17.6 Å². The van der Waals surface area contributed by atoms with Crippen molar-refractivity contribution in [3.63, 3.8) is 0 Å². The minimum Gasteiger partial charge on any atom is -0.493 e. The van der Waals surface area contributed by atoms with Gasteiger partial charge in [0.05, 0.1) is 21.3 Å². The number of rotatable bonds is 6. The molecule has 2 aromatic carbocycles. The number of hydrogen-bond acceptors (Lipinski definition) is 4. The SMILES string of the molecule is COc1cc(CCC(=O)N2CCCc3cc(Br)ccc32)cc(OC)c1OC. The maximum atomic E-state index is 12.9. The maximum Gasteiger partial charge on any atom is 0.227 e. The molecule has 1 aliphatic rings. The van der Waals surface area contributed by atoms with Crippen molar-refractivity contribution in [2.45, 2.75) is 25.7 Å². The maximum absolute atomic E-state index is 12.9. The molecule has 6 heteroatoms. The van der Waals surface area contributed by atoms with Gasteiger partial charge < -0.3 is 19.1 Å². The third-order valence-electron chi connectivity index (χ3n) is 4.81. The van der Waals surface area contributed by atoms with E-state index >= 15 is 0 Å². The summed E-state index contributed by atoms with van der Waals surface area (Å²) in [5, 5.41) is 0. The zero-order valence-electron chi connectivity index (χ0n) is 15.9. The Morgan fingerprint density at radius 3 is 2.41 bits per heavy atom. The molecule has 0 aromatic heterocycles. The van der Waals surface area contributed by atoms with Crippen molar-refractivity contribution in [2.75, 3.05) is 32.8 Å². The summed E-state index contributed by atoms with van der Waals surface area (Å²) in [5.74, 6) is 1.90. The van der Waals surface area contributed by atoms with Crippen molar-refractivity contribution in [3.8, 4) is 17.2 Å². The molecule has 2 aromatic rings. The fourth-order valence-electron chi connectivity index (χ4n) is 3.49. The molecule has 3 rings (SSSR count). The lowest BCUT2D eigenvalue weighted by Crippen LogP contribution is -2.35. The predicted molar refractivity (Wildman–Crippen MR) is 109 cm³/mol. The molecule has 1 heterocycles. The zero-order chi connectivity index (χ0) is 19.4. The fraction of sp³-hybridized carbons (Fsp3) is 0.381. The Morgan fingerprint density at radius 1 is 1.07 bits per heavy atom. The van der Waals surface area contributed by atoms with Crippen molar-refractivity contribution >= 4 is 27.5 Å². The third kappa shape index (κ3) is 4.21. The van der Waals surface area contributed by atoms with E-state index in [1.165, 1.54) is 5.56 Å². The van der Waals surface area contributed by atoms with Crippen molar-refractivity contribution in [1.82, 2.24) is 0 Å². The number of carbonyl (C=O) groups excluding carboxylic acids is 1. The molecule has 144 valence electrons. The largest absolute Gasteiger partial charge is 0.493 e. The minimum absolute atomic E-state index is 0.132. The van der Waals surface area contributed by atoms with Gasteiger partial charge in [0.1, 0.15) is 0 Å². The Balaban J connectivity index is 1.75. The molecule has 0 spiro atoms. The average molecular weight is 434 g/mol. The Labute approximate surface area is 168 Å². The first-order chi connectivity index (χ1) is 13.1. The number of anilines is 1. The van der Waals surface area contributed by atoms with Crippen molar-refractivity contribution < 1.29 is 19.0 Å². The van der Waals surface area contributed by atoms with E-state index < -0.39 is 0 Å². The number of halogens is 1. The normalized spacial score (nSPS) is 13.1. The van der Waals surface area contributed by atoms with E-state index in [2.05, 4.69) is 22.0 Å². The van der Waals surface area contributed by atoms with Crippen LogP contribution in [0.5, 0.6) is 17.2 Å². The third-order valence-corrected chi connectivity index (χ3v) is 5.31. The van der Waals surface area contributed by atoms with Crippen LogP contribution in [0, 0.1) is 0 Å². The van der Waals surface area contributed by atoms with Gasteiger partial charge in [-0.05, 0) is 60.7 Å². The number of amides is 1. The summed E-state index contributed by atoms with van der Waals surface area (Å²) < 4.78 is 17.2. The zero-order valence-corrected chi connectivity index (χ0v) is 17.5. The molecule has 0 fully saturated rings. The molecule has 0 radical (unpaired) electrons. The molecular formula is C21H24BrNO4. The Kier molecular flexibility index (Phi) is 6.26. The molecule has 0 N–H and O–H groups in total. The van der Waals surface area contributed by atoms with Crippen LogP contribution in [0.2, 0.25) is 0 Å². The van der Waals surface area contributed by atoms with E-state index in [0.717, 1.165) is 35.1 Å². The van der Waals surface area contributed by atoms with Crippen LogP contribution in [0.15, 0.2) is 34.8 Å². The van der Waals surface area contributed by atoms with Gasteiger partial charge in [0, 0.05) is 23.1 Å². The van der Waals surface area contributed by atoms with Crippen molar-refractivity contribution in [1.29, 1.82) is 0 Å². The molecule has 27 heavy (non-hydrogen) atoms. The molecule has 1 amide bonds. The summed E-state index contributed by atoms with van der Waals surface area (Å²) in [6.07, 6.45) is 3.02. The van der Waals surface area contributed by atoms with Crippen LogP contribution in [-0.4, -0.2) is 33.8 Å². The number of fused-ring (bicyclic) bond motifs is 1. The number of benzene rings is 2. The van der Waals surface area contributed by atoms with Gasteiger partial charge in [-0.1, -0.05) is 15.9 Å². The summed E-state index contributed by atoms with van der Waals surface area (Å²) in [6, 6.07) is 9.92. The molecule has 0 saturated heterocycles. The first kappa shape index (κ1) is 19.5. The van der Waals surface area contributed by atoms with Gasteiger partial charge in [-0.3, -0.25) is 4.79 Å². The lowest BCUT2D eigenvalue weighted by molar-refractivity contribution is -0.118. The van der Waals surface area contributed by atoms with E-state index in [1.807, 2.05) is 29.2 Å². The van der Waals surface area contributed by atoms with Gasteiger partial charge in [0.25, 0.3) is 0 Å². The molecule has 0 aliphatic carbocycles. The smallest absolute Gasteiger partial charge is 0.227 e. The number of hydrogen-bond donors (Lipinski definition) is 0. The summed E-state index contributed by atoms with van der Waals surface area (Å²) in [7, 11) is 4.76. The van der Waals surface area contributed by atoms with Gasteiger partial charge >= 0.3 is 0 Å². The van der Waals surface area contributed by atoms with Crippen molar-refractivity contribution in [2.24, 2.45) is 0 Å². The highest BCUT2D eigenvalue weighted by Crippen LogP contribution is 2.38. The van der Waals surface area contributed by atoms with Crippen LogP contribution in [0.1, 0.15) is 24.0 Å². The first-order valence-electron chi connectivity index (χ1n) is 8.95. The van der Waals surface area contributed by atoms with Crippen LogP contribution in [0.4, 0.5) is 5.69 Å². The van der Waals surface area contributed by atoms with Crippen molar-refractivity contribution in [3.05, 3.63) is 45.9 Å². The lowest BCUT2D eigenvalue weighted by atomic mass is 10.0. The predicted octanol–water partition coefficient (Wildman–Crippen LogP) is 4.39. The second-order valence-electron chi connectivity index (χ2n) is 6.46. The van der Waals surface area contributed by atoms with Crippen LogP contribution >= 0.6 is 15.9 Å². The average Bonchev–Trinajstić information content (AvgIpc) is 2.70. The second-order valence-corrected chi connectivity index (χ2v) is 7.37. The first-order valence-corrected chi connectivity index (χ1v) is 9.74. The van der Waals surface area contributed by atoms with E-state index in [9.17, 15) is 4.79 Å². The van der Waals surface area contributed by atoms with Gasteiger partial charge in [-0.15, -0.1) is 0 Å². The Morgan fingerprint density at radius 2 is 1.78 bits per heavy atom. The van der Waals surface area contributed by atoms with E-state index in [-0.39, 0.29) is 5.91 Å². The monoisotopic (exact) mass is 433 g/mol. The molecule has 0 unspecified atom stereocenters. The fourth-order valence-corrected chi connectivity index (χ4v) is 3.90. The number of methoxy groups -OCH3 is 3. The minimum atomic E-state index is 0.132. The van der Waals surface area contributed by atoms with Gasteiger partial charge in [0.2, 0.25) is 11.7 Å². The molecule has 0 saturated carbocycles. The Bertz CT molecular complexity index is 812. The number of aryl methyl sites for hydroxylation is 2. The summed E-state index contributed by atoms with van der Waals surface area (Å²) in [4.78, 5) is 14.8. The number of carbonyl (C=O) groups is 1. The van der Waals surface area contributed by atoms with E-state index in [1.54, 1.807) is 21.3 Å². The number of nitrogens with zero attached hydrogens (tertiary/aromatic N) is 1. The topological polar surface area (TPSA) is 48.0 Å². The molecule has 5 nitrogen and oxygen atoms in total. The summed E-state index contributed by atoms with van der Waals surface area (Å²) in [5.41, 5.74) is 3.22. The quantitative estimate of drug-likeness (QED) is 0.677. The summed E-state index contributed by atoms with van der Waals surface area (Å²) >= 11 is 3.51. The van der Waals surface area contributed by atoms with Crippen LogP contribution in [0.3, 0.4) is 0 Å². The highest BCUT2D eigenvalue weighted by atomic mass is 79.9. The van der Waals surface area contributed by atoms with E-state index in [0.29, 0.717) is 30.1 Å².